The number of carbonyl (C=O) groups is 1. The summed E-state index contributed by atoms with van der Waals surface area (Å²) in [6.07, 6.45) is 4.17. The van der Waals surface area contributed by atoms with Gasteiger partial charge in [-0.05, 0) is 38.3 Å². The predicted octanol–water partition coefficient (Wildman–Crippen LogP) is 4.30. The fourth-order valence-electron chi connectivity index (χ4n) is 3.30. The molecule has 142 valence electrons. The zero-order valence-electron chi connectivity index (χ0n) is 16.5. The minimum Gasteiger partial charge on any atom is -0.333 e. The summed E-state index contributed by atoms with van der Waals surface area (Å²) in [5.74, 6) is 0.829. The molecular weight excluding hydrogens is 326 g/mol. The Labute approximate surface area is 156 Å². The number of rotatable bonds is 9. The van der Waals surface area contributed by atoms with Gasteiger partial charge in [-0.15, -0.1) is 0 Å². The van der Waals surface area contributed by atoms with Crippen LogP contribution < -0.4 is 5.56 Å². The van der Waals surface area contributed by atoms with Gasteiger partial charge < -0.3 is 4.90 Å². The summed E-state index contributed by atoms with van der Waals surface area (Å²) >= 11 is 0. The fraction of sp³-hybridized carbons (Fsp3) is 0.571. The maximum Gasteiger partial charge on any atom is 0.261 e. The molecule has 0 aliphatic heterocycles. The molecule has 0 radical (unpaired) electrons. The van der Waals surface area contributed by atoms with E-state index in [4.69, 9.17) is 4.98 Å². The van der Waals surface area contributed by atoms with Crippen molar-refractivity contribution in [2.45, 2.75) is 72.4 Å². The number of hydrogen-bond donors (Lipinski definition) is 0. The molecule has 0 saturated heterocycles. The number of amides is 1. The van der Waals surface area contributed by atoms with E-state index in [0.29, 0.717) is 36.2 Å². The zero-order valence-corrected chi connectivity index (χ0v) is 16.5. The van der Waals surface area contributed by atoms with Crippen molar-refractivity contribution >= 4 is 16.8 Å². The molecule has 0 saturated carbocycles. The number of fused-ring (bicyclic) bond motifs is 1. The third-order valence-corrected chi connectivity index (χ3v) is 4.72. The van der Waals surface area contributed by atoms with Gasteiger partial charge >= 0.3 is 0 Å². The monoisotopic (exact) mass is 357 g/mol. The van der Waals surface area contributed by atoms with Crippen molar-refractivity contribution in [1.29, 1.82) is 0 Å². The molecule has 1 heterocycles. The molecule has 0 spiro atoms. The van der Waals surface area contributed by atoms with E-state index in [1.165, 1.54) is 0 Å². The molecule has 1 unspecified atom stereocenters. The average Bonchev–Trinajstić information content (AvgIpc) is 2.64. The van der Waals surface area contributed by atoms with Gasteiger partial charge in [0.1, 0.15) is 5.82 Å². The summed E-state index contributed by atoms with van der Waals surface area (Å²) in [7, 11) is 0. The molecular formula is C21H31N3O2. The van der Waals surface area contributed by atoms with Crippen molar-refractivity contribution in [3.8, 4) is 0 Å². The summed E-state index contributed by atoms with van der Waals surface area (Å²) in [5, 5.41) is 0.636. The van der Waals surface area contributed by atoms with Crippen LogP contribution in [-0.2, 0) is 11.3 Å². The number of carbonyl (C=O) groups excluding carboxylic acids is 1. The minimum absolute atomic E-state index is 0.0160. The highest BCUT2D eigenvalue weighted by molar-refractivity contribution is 5.78. The summed E-state index contributed by atoms with van der Waals surface area (Å²) in [4.78, 5) is 32.4. The minimum atomic E-state index is -0.218. The number of benzene rings is 1. The van der Waals surface area contributed by atoms with E-state index >= 15 is 0 Å². The molecule has 2 rings (SSSR count). The molecule has 26 heavy (non-hydrogen) atoms. The maximum atomic E-state index is 13.0. The molecule has 5 heteroatoms. The van der Waals surface area contributed by atoms with Crippen LogP contribution in [0, 0.1) is 0 Å². The lowest BCUT2D eigenvalue weighted by Crippen LogP contribution is -2.38. The first-order valence-electron chi connectivity index (χ1n) is 9.84. The third kappa shape index (κ3) is 4.32. The van der Waals surface area contributed by atoms with Crippen LogP contribution in [-0.4, -0.2) is 26.9 Å². The van der Waals surface area contributed by atoms with Gasteiger partial charge in [-0.1, -0.05) is 39.3 Å². The Morgan fingerprint density at radius 3 is 2.54 bits per heavy atom. The molecule has 1 aromatic carbocycles. The second-order valence-corrected chi connectivity index (χ2v) is 6.81. The smallest absolute Gasteiger partial charge is 0.261 e. The van der Waals surface area contributed by atoms with Crippen LogP contribution in [0.4, 0.5) is 0 Å². The standard InChI is InChI=1S/C21H31N3O2/c1-5-8-15-23(19(25)11-6-2)16(4)20-22-18-13-10-9-12-17(18)21(26)24(20)14-7-3/h9-10,12-13,16H,5-8,11,14-15H2,1-4H3. The Kier molecular flexibility index (Phi) is 7.37. The number of hydrogen-bond acceptors (Lipinski definition) is 3. The summed E-state index contributed by atoms with van der Waals surface area (Å²) in [6, 6.07) is 7.23. The van der Waals surface area contributed by atoms with Gasteiger partial charge in [-0.25, -0.2) is 4.98 Å². The van der Waals surface area contributed by atoms with Crippen molar-refractivity contribution in [3.63, 3.8) is 0 Å². The number of para-hydroxylation sites is 1. The number of unbranched alkanes of at least 4 members (excludes halogenated alkanes) is 1. The van der Waals surface area contributed by atoms with Crippen LogP contribution in [0.15, 0.2) is 29.1 Å². The first-order chi connectivity index (χ1) is 12.5. The highest BCUT2D eigenvalue weighted by Gasteiger charge is 2.25. The Bertz CT molecular complexity index is 797. The van der Waals surface area contributed by atoms with E-state index in [0.717, 1.165) is 25.7 Å². The van der Waals surface area contributed by atoms with Crippen molar-refractivity contribution in [2.24, 2.45) is 0 Å². The molecule has 5 nitrogen and oxygen atoms in total. The lowest BCUT2D eigenvalue weighted by molar-refractivity contribution is -0.133. The summed E-state index contributed by atoms with van der Waals surface area (Å²) in [6.45, 7) is 9.49. The quantitative estimate of drug-likeness (QED) is 0.672. The van der Waals surface area contributed by atoms with Crippen LogP contribution in [0.1, 0.15) is 71.7 Å². The van der Waals surface area contributed by atoms with Gasteiger partial charge in [0, 0.05) is 19.5 Å². The summed E-state index contributed by atoms with van der Waals surface area (Å²) in [5.41, 5.74) is 0.683. The van der Waals surface area contributed by atoms with Crippen molar-refractivity contribution in [1.82, 2.24) is 14.5 Å². The van der Waals surface area contributed by atoms with E-state index in [9.17, 15) is 9.59 Å². The van der Waals surface area contributed by atoms with Gasteiger partial charge in [0.05, 0.1) is 16.9 Å². The van der Waals surface area contributed by atoms with Crippen LogP contribution in [0.2, 0.25) is 0 Å². The molecule has 0 fully saturated rings. The molecule has 1 atom stereocenters. The first kappa shape index (κ1) is 20.1. The number of nitrogens with zero attached hydrogens (tertiary/aromatic N) is 3. The lowest BCUT2D eigenvalue weighted by atomic mass is 10.1. The lowest BCUT2D eigenvalue weighted by Gasteiger charge is -2.30. The zero-order chi connectivity index (χ0) is 19.1. The molecule has 1 aromatic heterocycles. The predicted molar refractivity (Wildman–Crippen MR) is 106 cm³/mol. The highest BCUT2D eigenvalue weighted by Crippen LogP contribution is 2.22. The fourth-order valence-corrected chi connectivity index (χ4v) is 3.30. The molecule has 2 aromatic rings. The van der Waals surface area contributed by atoms with E-state index in [1.54, 1.807) is 4.57 Å². The Morgan fingerprint density at radius 2 is 1.88 bits per heavy atom. The normalized spacial score (nSPS) is 12.3. The molecule has 0 N–H and O–H groups in total. The van der Waals surface area contributed by atoms with E-state index < -0.39 is 0 Å². The van der Waals surface area contributed by atoms with Crippen molar-refractivity contribution < 1.29 is 4.79 Å². The van der Waals surface area contributed by atoms with Crippen molar-refractivity contribution in [2.75, 3.05) is 6.54 Å². The highest BCUT2D eigenvalue weighted by atomic mass is 16.2. The first-order valence-corrected chi connectivity index (χ1v) is 9.84. The van der Waals surface area contributed by atoms with E-state index in [2.05, 4.69) is 6.92 Å². The largest absolute Gasteiger partial charge is 0.333 e. The topological polar surface area (TPSA) is 55.2 Å². The van der Waals surface area contributed by atoms with Gasteiger partial charge in [-0.2, -0.15) is 0 Å². The van der Waals surface area contributed by atoms with Gasteiger partial charge in [0.25, 0.3) is 5.56 Å². The van der Waals surface area contributed by atoms with E-state index in [1.807, 2.05) is 49.9 Å². The van der Waals surface area contributed by atoms with E-state index in [-0.39, 0.29) is 17.5 Å². The maximum absolute atomic E-state index is 13.0. The number of aromatic nitrogens is 2. The molecule has 1 amide bonds. The average molecular weight is 357 g/mol. The third-order valence-electron chi connectivity index (χ3n) is 4.72. The van der Waals surface area contributed by atoms with Crippen molar-refractivity contribution in [3.05, 3.63) is 40.4 Å². The second-order valence-electron chi connectivity index (χ2n) is 6.81. The van der Waals surface area contributed by atoms with Crippen LogP contribution in [0.25, 0.3) is 10.9 Å². The van der Waals surface area contributed by atoms with Gasteiger partial charge in [0.15, 0.2) is 0 Å². The Morgan fingerprint density at radius 1 is 1.15 bits per heavy atom. The second kappa shape index (κ2) is 9.51. The van der Waals surface area contributed by atoms with Gasteiger partial charge in [0.2, 0.25) is 5.91 Å². The van der Waals surface area contributed by atoms with Crippen LogP contribution >= 0.6 is 0 Å². The van der Waals surface area contributed by atoms with Crippen LogP contribution in [0.5, 0.6) is 0 Å². The Hall–Kier alpha value is -2.17. The SMILES string of the molecule is CCCCN(C(=O)CCC)C(C)c1nc2ccccc2c(=O)n1CCC. The molecule has 0 aliphatic carbocycles. The van der Waals surface area contributed by atoms with Crippen LogP contribution in [0.3, 0.4) is 0 Å². The Balaban J connectivity index is 2.54. The molecule has 0 bridgehead atoms. The molecule has 0 aliphatic rings. The summed E-state index contributed by atoms with van der Waals surface area (Å²) < 4.78 is 1.76. The van der Waals surface area contributed by atoms with Gasteiger partial charge in [-0.3, -0.25) is 14.2 Å².